The first-order chi connectivity index (χ1) is 9.22. The first kappa shape index (κ1) is 13.8. The zero-order chi connectivity index (χ0) is 13.7. The second-order valence-corrected chi connectivity index (χ2v) is 5.04. The van der Waals surface area contributed by atoms with Crippen LogP contribution in [0.1, 0.15) is 55.1 Å². The van der Waals surface area contributed by atoms with Gasteiger partial charge in [0.1, 0.15) is 5.82 Å². The number of pyridine rings is 1. The van der Waals surface area contributed by atoms with Crippen molar-refractivity contribution in [3.05, 3.63) is 23.4 Å². The summed E-state index contributed by atoms with van der Waals surface area (Å²) in [7, 11) is 0. The van der Waals surface area contributed by atoms with Crippen LogP contribution in [0.4, 0.5) is 5.82 Å². The summed E-state index contributed by atoms with van der Waals surface area (Å²) >= 11 is 0. The van der Waals surface area contributed by atoms with Gasteiger partial charge in [-0.25, -0.2) is 10.8 Å². The SMILES string of the molecule is CCc1cc(C(=O)NC2CCCCC2)cc(NN)n1. The zero-order valence-corrected chi connectivity index (χ0v) is 11.4. The number of nitrogen functional groups attached to an aromatic ring is 1. The van der Waals surface area contributed by atoms with Gasteiger partial charge in [0.25, 0.3) is 5.91 Å². The van der Waals surface area contributed by atoms with E-state index in [1.54, 1.807) is 6.07 Å². The quantitative estimate of drug-likeness (QED) is 0.572. The van der Waals surface area contributed by atoms with E-state index in [0.29, 0.717) is 17.4 Å². The minimum atomic E-state index is -0.0273. The fourth-order valence-corrected chi connectivity index (χ4v) is 2.49. The van der Waals surface area contributed by atoms with E-state index in [1.165, 1.54) is 19.3 Å². The molecule has 5 nitrogen and oxygen atoms in total. The monoisotopic (exact) mass is 262 g/mol. The summed E-state index contributed by atoms with van der Waals surface area (Å²) in [6.07, 6.45) is 6.63. The maximum absolute atomic E-state index is 12.2. The number of nitrogens with one attached hydrogen (secondary N) is 2. The smallest absolute Gasteiger partial charge is 0.251 e. The van der Waals surface area contributed by atoms with Gasteiger partial charge in [-0.15, -0.1) is 0 Å². The number of amides is 1. The van der Waals surface area contributed by atoms with E-state index < -0.39 is 0 Å². The average molecular weight is 262 g/mol. The molecule has 1 aromatic heterocycles. The minimum Gasteiger partial charge on any atom is -0.349 e. The number of hydrogen-bond acceptors (Lipinski definition) is 4. The maximum Gasteiger partial charge on any atom is 0.251 e. The Hall–Kier alpha value is -1.62. The number of hydrazine groups is 1. The largest absolute Gasteiger partial charge is 0.349 e. The molecular formula is C14H22N4O. The summed E-state index contributed by atoms with van der Waals surface area (Å²) in [6.45, 7) is 2.01. The fourth-order valence-electron chi connectivity index (χ4n) is 2.49. The van der Waals surface area contributed by atoms with E-state index in [9.17, 15) is 4.79 Å². The van der Waals surface area contributed by atoms with Crippen molar-refractivity contribution in [2.45, 2.75) is 51.5 Å². The number of nitrogens with two attached hydrogens (primary N) is 1. The Morgan fingerprint density at radius 3 is 2.74 bits per heavy atom. The Morgan fingerprint density at radius 2 is 2.11 bits per heavy atom. The third-order valence-corrected chi connectivity index (χ3v) is 3.59. The summed E-state index contributed by atoms with van der Waals surface area (Å²) in [4.78, 5) is 16.5. The number of carbonyl (C=O) groups is 1. The topological polar surface area (TPSA) is 80.0 Å². The fraction of sp³-hybridized carbons (Fsp3) is 0.571. The molecule has 0 atom stereocenters. The number of carbonyl (C=O) groups excluding carboxylic acids is 1. The second-order valence-electron chi connectivity index (χ2n) is 5.04. The summed E-state index contributed by atoms with van der Waals surface area (Å²) in [5.41, 5.74) is 4.00. The molecule has 1 aliphatic rings. The lowest BCUT2D eigenvalue weighted by Crippen LogP contribution is -2.36. The predicted molar refractivity (Wildman–Crippen MR) is 75.8 cm³/mol. The average Bonchev–Trinajstić information content (AvgIpc) is 2.47. The molecule has 5 heteroatoms. The lowest BCUT2D eigenvalue weighted by molar-refractivity contribution is 0.0927. The van der Waals surface area contributed by atoms with E-state index in [-0.39, 0.29) is 5.91 Å². The molecule has 0 aliphatic heterocycles. The highest BCUT2D eigenvalue weighted by Crippen LogP contribution is 2.18. The van der Waals surface area contributed by atoms with Crippen molar-refractivity contribution in [3.8, 4) is 0 Å². The van der Waals surface area contributed by atoms with Crippen LogP contribution in [0.5, 0.6) is 0 Å². The van der Waals surface area contributed by atoms with Crippen LogP contribution in [0, 0.1) is 0 Å². The second kappa shape index (κ2) is 6.52. The van der Waals surface area contributed by atoms with E-state index in [0.717, 1.165) is 25.0 Å². The molecule has 1 aromatic rings. The van der Waals surface area contributed by atoms with E-state index in [1.807, 2.05) is 13.0 Å². The third kappa shape index (κ3) is 3.67. The van der Waals surface area contributed by atoms with Gasteiger partial charge in [-0.1, -0.05) is 26.2 Å². The van der Waals surface area contributed by atoms with Gasteiger partial charge in [0.05, 0.1) is 0 Å². The van der Waals surface area contributed by atoms with Crippen molar-refractivity contribution >= 4 is 11.7 Å². The molecule has 0 aromatic carbocycles. The Morgan fingerprint density at radius 1 is 1.37 bits per heavy atom. The molecule has 0 saturated heterocycles. The van der Waals surface area contributed by atoms with Crippen LogP contribution in [0.25, 0.3) is 0 Å². The molecule has 0 bridgehead atoms. The highest BCUT2D eigenvalue weighted by molar-refractivity contribution is 5.95. The molecule has 0 unspecified atom stereocenters. The Bertz CT molecular complexity index is 419. The predicted octanol–water partition coefficient (Wildman–Crippen LogP) is 1.99. The van der Waals surface area contributed by atoms with Crippen LogP contribution in [0.3, 0.4) is 0 Å². The van der Waals surface area contributed by atoms with Crippen LogP contribution in [0.15, 0.2) is 12.1 Å². The van der Waals surface area contributed by atoms with Crippen molar-refractivity contribution in [2.75, 3.05) is 5.43 Å². The zero-order valence-electron chi connectivity index (χ0n) is 11.4. The summed E-state index contributed by atoms with van der Waals surface area (Å²) in [5.74, 6) is 5.89. The van der Waals surface area contributed by atoms with Crippen molar-refractivity contribution in [3.63, 3.8) is 0 Å². The molecule has 1 aliphatic carbocycles. The Labute approximate surface area is 114 Å². The standard InChI is InChI=1S/C14H22N4O/c1-2-11-8-10(9-13(16-11)18-15)14(19)17-12-6-4-3-5-7-12/h8-9,12H,2-7,15H2,1H3,(H,16,18)(H,17,19). The molecule has 1 fully saturated rings. The van der Waals surface area contributed by atoms with Gasteiger partial charge >= 0.3 is 0 Å². The molecule has 104 valence electrons. The molecular weight excluding hydrogens is 240 g/mol. The van der Waals surface area contributed by atoms with Gasteiger partial charge in [-0.3, -0.25) is 4.79 Å². The van der Waals surface area contributed by atoms with E-state index >= 15 is 0 Å². The lowest BCUT2D eigenvalue weighted by Gasteiger charge is -2.22. The Kier molecular flexibility index (Phi) is 4.74. The normalized spacial score (nSPS) is 16.1. The van der Waals surface area contributed by atoms with Gasteiger partial charge in [0, 0.05) is 17.3 Å². The van der Waals surface area contributed by atoms with Crippen molar-refractivity contribution in [1.82, 2.24) is 10.3 Å². The molecule has 4 N–H and O–H groups in total. The number of aryl methyl sites for hydroxylation is 1. The van der Waals surface area contributed by atoms with Crippen molar-refractivity contribution in [1.29, 1.82) is 0 Å². The highest BCUT2D eigenvalue weighted by Gasteiger charge is 2.17. The molecule has 0 spiro atoms. The van der Waals surface area contributed by atoms with Crippen LogP contribution in [0.2, 0.25) is 0 Å². The van der Waals surface area contributed by atoms with Gasteiger partial charge in [-0.05, 0) is 31.4 Å². The maximum atomic E-state index is 12.2. The molecule has 19 heavy (non-hydrogen) atoms. The molecule has 1 heterocycles. The van der Waals surface area contributed by atoms with Gasteiger partial charge in [-0.2, -0.15) is 0 Å². The van der Waals surface area contributed by atoms with Crippen LogP contribution in [-0.4, -0.2) is 16.9 Å². The minimum absolute atomic E-state index is 0.0273. The van der Waals surface area contributed by atoms with Gasteiger partial charge in [0.15, 0.2) is 0 Å². The first-order valence-electron chi connectivity index (χ1n) is 7.01. The first-order valence-corrected chi connectivity index (χ1v) is 7.01. The number of hydrogen-bond donors (Lipinski definition) is 3. The summed E-state index contributed by atoms with van der Waals surface area (Å²) in [6, 6.07) is 3.84. The summed E-state index contributed by atoms with van der Waals surface area (Å²) < 4.78 is 0. The number of aromatic nitrogens is 1. The molecule has 2 rings (SSSR count). The molecule has 1 saturated carbocycles. The Balaban J connectivity index is 2.08. The van der Waals surface area contributed by atoms with Crippen molar-refractivity contribution in [2.24, 2.45) is 5.84 Å². The number of anilines is 1. The van der Waals surface area contributed by atoms with Crippen molar-refractivity contribution < 1.29 is 4.79 Å². The number of rotatable bonds is 4. The van der Waals surface area contributed by atoms with Gasteiger partial charge in [0.2, 0.25) is 0 Å². The van der Waals surface area contributed by atoms with E-state index in [2.05, 4.69) is 15.7 Å². The number of nitrogens with zero attached hydrogens (tertiary/aromatic N) is 1. The van der Waals surface area contributed by atoms with Crippen LogP contribution in [-0.2, 0) is 6.42 Å². The third-order valence-electron chi connectivity index (χ3n) is 3.59. The van der Waals surface area contributed by atoms with Crippen LogP contribution >= 0.6 is 0 Å². The summed E-state index contributed by atoms with van der Waals surface area (Å²) in [5, 5.41) is 3.10. The molecule has 0 radical (unpaired) electrons. The van der Waals surface area contributed by atoms with E-state index in [4.69, 9.17) is 5.84 Å². The molecule has 1 amide bonds. The van der Waals surface area contributed by atoms with Crippen LogP contribution < -0.4 is 16.6 Å². The highest BCUT2D eigenvalue weighted by atomic mass is 16.1. The lowest BCUT2D eigenvalue weighted by atomic mass is 9.95. The van der Waals surface area contributed by atoms with Gasteiger partial charge < -0.3 is 10.7 Å².